The molecule has 1 heterocycles. The van der Waals surface area contributed by atoms with E-state index >= 15 is 0 Å². The topological polar surface area (TPSA) is 70.1 Å². The predicted molar refractivity (Wildman–Crippen MR) is 65.0 cm³/mol. The maximum atomic E-state index is 12.2. The average Bonchev–Trinajstić information content (AvgIpc) is 2.37. The molecule has 0 saturated carbocycles. The zero-order valence-corrected chi connectivity index (χ0v) is 10.5. The van der Waals surface area contributed by atoms with Gasteiger partial charge in [-0.05, 0) is 6.42 Å². The van der Waals surface area contributed by atoms with Crippen LogP contribution < -0.4 is 0 Å². The van der Waals surface area contributed by atoms with Crippen molar-refractivity contribution in [1.82, 2.24) is 9.80 Å². The summed E-state index contributed by atoms with van der Waals surface area (Å²) in [5.74, 6) is 1.24. The highest BCUT2D eigenvalue weighted by Gasteiger charge is 2.29. The Morgan fingerprint density at radius 2 is 2.33 bits per heavy atom. The molecule has 1 unspecified atom stereocenters. The van der Waals surface area contributed by atoms with Crippen LogP contribution in [0.4, 0.5) is 4.79 Å². The number of terminal acetylenes is 1. The van der Waals surface area contributed by atoms with Crippen LogP contribution in [0.25, 0.3) is 0 Å². The summed E-state index contributed by atoms with van der Waals surface area (Å²) in [5, 5.41) is 8.78. The molecule has 1 N–H and O–H groups in total. The van der Waals surface area contributed by atoms with E-state index in [1.807, 2.05) is 6.92 Å². The summed E-state index contributed by atoms with van der Waals surface area (Å²) >= 11 is 0. The van der Waals surface area contributed by atoms with E-state index in [0.29, 0.717) is 19.8 Å². The van der Waals surface area contributed by atoms with Crippen LogP contribution in [0.5, 0.6) is 0 Å². The second-order valence-electron chi connectivity index (χ2n) is 4.07. The lowest BCUT2D eigenvalue weighted by Crippen LogP contribution is -2.54. The largest absolute Gasteiger partial charge is 0.480 e. The molecule has 1 aliphatic heterocycles. The summed E-state index contributed by atoms with van der Waals surface area (Å²) in [5.41, 5.74) is 0. The minimum absolute atomic E-state index is 0.00107. The summed E-state index contributed by atoms with van der Waals surface area (Å²) in [6.07, 6.45) is 5.93. The molecule has 0 spiro atoms. The number of carboxylic acids is 1. The van der Waals surface area contributed by atoms with Crippen molar-refractivity contribution >= 4 is 12.0 Å². The van der Waals surface area contributed by atoms with Gasteiger partial charge in [-0.2, -0.15) is 0 Å². The van der Waals surface area contributed by atoms with Gasteiger partial charge in [0.05, 0.1) is 25.8 Å². The zero-order valence-electron chi connectivity index (χ0n) is 10.5. The fourth-order valence-corrected chi connectivity index (χ4v) is 1.89. The number of rotatable bonds is 4. The van der Waals surface area contributed by atoms with E-state index in [9.17, 15) is 9.59 Å². The van der Waals surface area contributed by atoms with E-state index in [2.05, 4.69) is 5.92 Å². The quantitative estimate of drug-likeness (QED) is 0.729. The molecule has 2 amide bonds. The molecule has 6 heteroatoms. The van der Waals surface area contributed by atoms with Crippen molar-refractivity contribution in [2.45, 2.75) is 19.4 Å². The monoisotopic (exact) mass is 254 g/mol. The number of hydrogen-bond donors (Lipinski definition) is 1. The Hall–Kier alpha value is -1.74. The van der Waals surface area contributed by atoms with Gasteiger partial charge >= 0.3 is 12.0 Å². The number of hydrogen-bond acceptors (Lipinski definition) is 3. The third-order valence-electron chi connectivity index (χ3n) is 2.82. The van der Waals surface area contributed by atoms with Gasteiger partial charge in [-0.15, -0.1) is 6.42 Å². The lowest BCUT2D eigenvalue weighted by Gasteiger charge is -2.37. The Balaban J connectivity index is 2.74. The first-order valence-electron chi connectivity index (χ1n) is 5.88. The standard InChI is InChI=1S/C12H18N2O4/c1-3-5-13(8-11(15)16)12(17)14-6-7-18-9-10(14)4-2/h1,10H,4-9H2,2H3,(H,15,16). The fourth-order valence-electron chi connectivity index (χ4n) is 1.89. The Morgan fingerprint density at radius 1 is 1.61 bits per heavy atom. The second kappa shape index (κ2) is 6.87. The van der Waals surface area contributed by atoms with Crippen molar-refractivity contribution in [3.63, 3.8) is 0 Å². The Morgan fingerprint density at radius 3 is 2.89 bits per heavy atom. The van der Waals surface area contributed by atoms with Crippen LogP contribution in [0, 0.1) is 12.3 Å². The van der Waals surface area contributed by atoms with Crippen molar-refractivity contribution in [2.75, 3.05) is 32.8 Å². The van der Waals surface area contributed by atoms with Gasteiger partial charge in [0.1, 0.15) is 6.54 Å². The average molecular weight is 254 g/mol. The van der Waals surface area contributed by atoms with Crippen molar-refractivity contribution in [3.05, 3.63) is 0 Å². The minimum atomic E-state index is -1.07. The van der Waals surface area contributed by atoms with Gasteiger partial charge in [0.15, 0.2) is 0 Å². The highest BCUT2D eigenvalue weighted by Crippen LogP contribution is 2.13. The summed E-state index contributed by atoms with van der Waals surface area (Å²) in [7, 11) is 0. The van der Waals surface area contributed by atoms with Gasteiger partial charge in [-0.3, -0.25) is 4.79 Å². The molecule has 0 aromatic heterocycles. The van der Waals surface area contributed by atoms with Gasteiger partial charge in [0.2, 0.25) is 0 Å². The van der Waals surface area contributed by atoms with E-state index in [1.54, 1.807) is 4.90 Å². The lowest BCUT2D eigenvalue weighted by atomic mass is 10.2. The summed E-state index contributed by atoms with van der Waals surface area (Å²) in [6.45, 7) is 3.01. The van der Waals surface area contributed by atoms with Crippen LogP contribution in [0.15, 0.2) is 0 Å². The minimum Gasteiger partial charge on any atom is -0.480 e. The van der Waals surface area contributed by atoms with Crippen molar-refractivity contribution in [1.29, 1.82) is 0 Å². The SMILES string of the molecule is C#CCN(CC(=O)O)C(=O)N1CCOCC1CC. The molecule has 1 fully saturated rings. The van der Waals surface area contributed by atoms with Gasteiger partial charge in [-0.1, -0.05) is 12.8 Å². The van der Waals surface area contributed by atoms with Crippen LogP contribution in [-0.2, 0) is 9.53 Å². The first-order valence-corrected chi connectivity index (χ1v) is 5.88. The number of aliphatic carboxylic acids is 1. The fraction of sp³-hybridized carbons (Fsp3) is 0.667. The third kappa shape index (κ3) is 3.64. The van der Waals surface area contributed by atoms with Gasteiger partial charge in [0, 0.05) is 6.54 Å². The maximum absolute atomic E-state index is 12.2. The highest BCUT2D eigenvalue weighted by molar-refractivity contribution is 5.80. The number of urea groups is 1. The zero-order chi connectivity index (χ0) is 13.5. The molecule has 0 aliphatic carbocycles. The number of amides is 2. The predicted octanol–water partition coefficient (Wildman–Crippen LogP) is 0.237. The van der Waals surface area contributed by atoms with E-state index in [0.717, 1.165) is 11.3 Å². The number of carbonyl (C=O) groups is 2. The van der Waals surface area contributed by atoms with Crippen LogP contribution in [0.3, 0.4) is 0 Å². The molecule has 1 rings (SSSR count). The molecule has 0 bridgehead atoms. The molecule has 18 heavy (non-hydrogen) atoms. The molecule has 6 nitrogen and oxygen atoms in total. The van der Waals surface area contributed by atoms with Crippen LogP contribution >= 0.6 is 0 Å². The number of ether oxygens (including phenoxy) is 1. The van der Waals surface area contributed by atoms with Crippen LogP contribution in [0.2, 0.25) is 0 Å². The molecule has 1 aliphatic rings. The normalized spacial score (nSPS) is 19.1. The van der Waals surface area contributed by atoms with Crippen LogP contribution in [0.1, 0.15) is 13.3 Å². The highest BCUT2D eigenvalue weighted by atomic mass is 16.5. The molecule has 0 radical (unpaired) electrons. The van der Waals surface area contributed by atoms with Crippen molar-refractivity contribution < 1.29 is 19.4 Å². The molecule has 0 aromatic carbocycles. The number of carbonyl (C=O) groups excluding carboxylic acids is 1. The Labute approximate surface area is 106 Å². The summed E-state index contributed by atoms with van der Waals surface area (Å²) in [4.78, 5) is 25.8. The first kappa shape index (κ1) is 14.3. The Bertz CT molecular complexity index is 350. The molecular weight excluding hydrogens is 236 g/mol. The van der Waals surface area contributed by atoms with Crippen LogP contribution in [-0.4, -0.2) is 65.8 Å². The molecule has 100 valence electrons. The summed E-state index contributed by atoms with van der Waals surface area (Å²) in [6, 6.07) is -0.342. The van der Waals surface area contributed by atoms with E-state index in [1.165, 1.54) is 0 Å². The first-order chi connectivity index (χ1) is 8.60. The second-order valence-corrected chi connectivity index (χ2v) is 4.07. The van der Waals surface area contributed by atoms with Crippen molar-refractivity contribution in [2.24, 2.45) is 0 Å². The third-order valence-corrected chi connectivity index (χ3v) is 2.82. The van der Waals surface area contributed by atoms with Crippen molar-refractivity contribution in [3.8, 4) is 12.3 Å². The number of carboxylic acid groups (broad SMARTS) is 1. The summed E-state index contributed by atoms with van der Waals surface area (Å²) < 4.78 is 5.31. The van der Waals surface area contributed by atoms with Gasteiger partial charge in [-0.25, -0.2) is 4.79 Å². The van der Waals surface area contributed by atoms with E-state index in [-0.39, 0.29) is 25.2 Å². The number of nitrogens with zero attached hydrogens (tertiary/aromatic N) is 2. The smallest absolute Gasteiger partial charge is 0.323 e. The van der Waals surface area contributed by atoms with E-state index in [4.69, 9.17) is 16.3 Å². The molecular formula is C12H18N2O4. The molecule has 0 aromatic rings. The molecule has 1 atom stereocenters. The van der Waals surface area contributed by atoms with Gasteiger partial charge in [0.25, 0.3) is 0 Å². The Kier molecular flexibility index (Phi) is 5.46. The molecule has 1 saturated heterocycles. The van der Waals surface area contributed by atoms with E-state index < -0.39 is 5.97 Å². The maximum Gasteiger partial charge on any atom is 0.323 e. The lowest BCUT2D eigenvalue weighted by molar-refractivity contribution is -0.137. The number of morpholine rings is 1. The van der Waals surface area contributed by atoms with Gasteiger partial charge < -0.3 is 19.6 Å².